The van der Waals surface area contributed by atoms with Gasteiger partial charge >= 0.3 is 0 Å². The monoisotopic (exact) mass is 495 g/mol. The topological polar surface area (TPSA) is 69.6 Å². The molecule has 0 aromatic heterocycles. The molecule has 6 heteroatoms. The molecule has 0 radical (unpaired) electrons. The number of benzene rings is 2. The van der Waals surface area contributed by atoms with Gasteiger partial charge in [0, 0.05) is 9.26 Å². The Balaban J connectivity index is 2.23. The minimum atomic E-state index is -0.365. The zero-order valence-corrected chi connectivity index (χ0v) is 14.5. The van der Waals surface area contributed by atoms with Crippen LogP contribution in [-0.2, 0) is 6.61 Å². The van der Waals surface area contributed by atoms with Crippen molar-refractivity contribution < 1.29 is 15.0 Å². The van der Waals surface area contributed by atoms with E-state index in [-0.39, 0.29) is 23.8 Å². The first-order valence-electron chi connectivity index (χ1n) is 5.70. The summed E-state index contributed by atoms with van der Waals surface area (Å²) in [7, 11) is 0. The molecule has 0 spiro atoms. The number of halogens is 2. The molecule has 2 aromatic carbocycles. The van der Waals surface area contributed by atoms with Crippen LogP contribution in [-0.4, -0.2) is 16.1 Å². The SMILES string of the molecule is O=C(Nc1ccc(CO)cc1)c1cc(I)cc(I)c1O. The lowest BCUT2D eigenvalue weighted by atomic mass is 10.1. The number of anilines is 1. The van der Waals surface area contributed by atoms with Crippen molar-refractivity contribution in [1.82, 2.24) is 0 Å². The number of hydrogen-bond acceptors (Lipinski definition) is 3. The number of nitrogens with one attached hydrogen (secondary N) is 1. The number of aliphatic hydroxyl groups is 1. The first-order valence-corrected chi connectivity index (χ1v) is 7.86. The molecular formula is C14H11I2NO3. The van der Waals surface area contributed by atoms with Crippen LogP contribution in [0.5, 0.6) is 5.75 Å². The Bertz CT molecular complexity index is 642. The van der Waals surface area contributed by atoms with Gasteiger partial charge in [0.15, 0.2) is 0 Å². The molecule has 0 aliphatic carbocycles. The second-order valence-corrected chi connectivity index (χ2v) is 6.50. The fourth-order valence-corrected chi connectivity index (χ4v) is 3.48. The van der Waals surface area contributed by atoms with E-state index in [1.807, 2.05) is 22.6 Å². The highest BCUT2D eigenvalue weighted by Crippen LogP contribution is 2.27. The van der Waals surface area contributed by atoms with Gasteiger partial charge in [-0.2, -0.15) is 0 Å². The number of aromatic hydroxyl groups is 1. The Labute approximate surface area is 143 Å². The predicted molar refractivity (Wildman–Crippen MR) is 93.9 cm³/mol. The molecule has 0 fully saturated rings. The van der Waals surface area contributed by atoms with Crippen LogP contribution < -0.4 is 5.32 Å². The molecule has 0 unspecified atom stereocenters. The van der Waals surface area contributed by atoms with Gasteiger partial charge in [-0.05, 0) is 75.0 Å². The largest absolute Gasteiger partial charge is 0.506 e. The molecular weight excluding hydrogens is 484 g/mol. The van der Waals surface area contributed by atoms with E-state index in [0.717, 1.165) is 9.13 Å². The maximum absolute atomic E-state index is 12.2. The van der Waals surface area contributed by atoms with Crippen molar-refractivity contribution in [3.05, 3.63) is 54.7 Å². The van der Waals surface area contributed by atoms with Crippen LogP contribution in [0.4, 0.5) is 5.69 Å². The maximum Gasteiger partial charge on any atom is 0.259 e. The highest BCUT2D eigenvalue weighted by Gasteiger charge is 2.15. The van der Waals surface area contributed by atoms with Gasteiger partial charge in [0.05, 0.1) is 15.7 Å². The van der Waals surface area contributed by atoms with Crippen molar-refractivity contribution in [3.8, 4) is 5.75 Å². The molecule has 0 bridgehead atoms. The summed E-state index contributed by atoms with van der Waals surface area (Å²) in [6, 6.07) is 10.3. The molecule has 104 valence electrons. The van der Waals surface area contributed by atoms with Crippen LogP contribution in [0.2, 0.25) is 0 Å². The van der Waals surface area contributed by atoms with E-state index in [0.29, 0.717) is 9.26 Å². The van der Waals surface area contributed by atoms with Gasteiger partial charge in [-0.3, -0.25) is 4.79 Å². The van der Waals surface area contributed by atoms with Crippen LogP contribution in [0.3, 0.4) is 0 Å². The Morgan fingerprint density at radius 1 is 1.15 bits per heavy atom. The number of carbonyl (C=O) groups excluding carboxylic acids is 1. The molecule has 0 atom stereocenters. The third kappa shape index (κ3) is 3.61. The number of phenolic OH excluding ortho intramolecular Hbond substituents is 1. The fraction of sp³-hybridized carbons (Fsp3) is 0.0714. The van der Waals surface area contributed by atoms with Crippen molar-refractivity contribution in [3.63, 3.8) is 0 Å². The lowest BCUT2D eigenvalue weighted by Gasteiger charge is -2.09. The molecule has 2 rings (SSSR count). The van der Waals surface area contributed by atoms with Gasteiger partial charge < -0.3 is 15.5 Å². The predicted octanol–water partition coefficient (Wildman–Crippen LogP) is 3.35. The molecule has 2 aromatic rings. The summed E-state index contributed by atoms with van der Waals surface area (Å²) in [5.41, 5.74) is 1.63. The summed E-state index contributed by atoms with van der Waals surface area (Å²) >= 11 is 4.08. The van der Waals surface area contributed by atoms with Crippen molar-refractivity contribution in [2.75, 3.05) is 5.32 Å². The van der Waals surface area contributed by atoms with Crippen molar-refractivity contribution in [1.29, 1.82) is 0 Å². The molecule has 0 aliphatic rings. The van der Waals surface area contributed by atoms with Gasteiger partial charge in [0.1, 0.15) is 5.75 Å². The molecule has 0 saturated heterocycles. The summed E-state index contributed by atoms with van der Waals surface area (Å²) in [6.07, 6.45) is 0. The molecule has 0 saturated carbocycles. The van der Waals surface area contributed by atoms with Gasteiger partial charge in [0.2, 0.25) is 0 Å². The van der Waals surface area contributed by atoms with Crippen LogP contribution in [0.15, 0.2) is 36.4 Å². The summed E-state index contributed by atoms with van der Waals surface area (Å²) < 4.78 is 1.51. The highest BCUT2D eigenvalue weighted by molar-refractivity contribution is 14.1. The van der Waals surface area contributed by atoms with Crippen LogP contribution in [0.25, 0.3) is 0 Å². The molecule has 1 amide bonds. The summed E-state index contributed by atoms with van der Waals surface area (Å²) in [5, 5.41) is 21.6. The lowest BCUT2D eigenvalue weighted by Crippen LogP contribution is -2.12. The second kappa shape index (κ2) is 6.72. The van der Waals surface area contributed by atoms with E-state index >= 15 is 0 Å². The Morgan fingerprint density at radius 2 is 1.80 bits per heavy atom. The molecule has 0 heterocycles. The van der Waals surface area contributed by atoms with Crippen LogP contribution >= 0.6 is 45.2 Å². The Morgan fingerprint density at radius 3 is 2.40 bits per heavy atom. The zero-order chi connectivity index (χ0) is 14.7. The minimum absolute atomic E-state index is 0.0181. The summed E-state index contributed by atoms with van der Waals surface area (Å²) in [6.45, 7) is -0.0376. The van der Waals surface area contributed by atoms with Crippen LogP contribution in [0.1, 0.15) is 15.9 Å². The lowest BCUT2D eigenvalue weighted by molar-refractivity contribution is 0.102. The zero-order valence-electron chi connectivity index (χ0n) is 10.2. The van der Waals surface area contributed by atoms with E-state index in [1.54, 1.807) is 36.4 Å². The number of aliphatic hydroxyl groups excluding tert-OH is 1. The van der Waals surface area contributed by atoms with E-state index in [4.69, 9.17) is 5.11 Å². The smallest absolute Gasteiger partial charge is 0.259 e. The Hall–Kier alpha value is -0.870. The second-order valence-electron chi connectivity index (χ2n) is 4.09. The first kappa shape index (κ1) is 15.5. The maximum atomic E-state index is 12.2. The number of hydrogen-bond donors (Lipinski definition) is 3. The van der Waals surface area contributed by atoms with Crippen molar-refractivity contribution in [2.45, 2.75) is 6.61 Å². The summed E-state index contributed by atoms with van der Waals surface area (Å²) in [5.74, 6) is -0.383. The third-order valence-corrected chi connectivity index (χ3v) is 4.11. The molecule has 20 heavy (non-hydrogen) atoms. The average molecular weight is 495 g/mol. The number of phenols is 1. The van der Waals surface area contributed by atoms with Gasteiger partial charge in [-0.25, -0.2) is 0 Å². The molecule has 4 nitrogen and oxygen atoms in total. The van der Waals surface area contributed by atoms with E-state index in [9.17, 15) is 9.90 Å². The van der Waals surface area contributed by atoms with Crippen molar-refractivity contribution in [2.24, 2.45) is 0 Å². The first-order chi connectivity index (χ1) is 9.51. The molecule has 0 aliphatic heterocycles. The minimum Gasteiger partial charge on any atom is -0.506 e. The highest BCUT2D eigenvalue weighted by atomic mass is 127. The number of amides is 1. The Kier molecular flexibility index (Phi) is 5.22. The van der Waals surface area contributed by atoms with Gasteiger partial charge in [0.25, 0.3) is 5.91 Å². The van der Waals surface area contributed by atoms with E-state index < -0.39 is 0 Å². The standard InChI is InChI=1S/C14H11I2NO3/c15-9-5-11(13(19)12(16)6-9)14(20)17-10-3-1-8(7-18)2-4-10/h1-6,18-19H,7H2,(H,17,20). The van der Waals surface area contributed by atoms with Crippen molar-refractivity contribution >= 4 is 56.8 Å². The third-order valence-electron chi connectivity index (χ3n) is 2.67. The normalized spacial score (nSPS) is 10.3. The number of carbonyl (C=O) groups is 1. The summed E-state index contributed by atoms with van der Waals surface area (Å²) in [4.78, 5) is 12.2. The quantitative estimate of drug-likeness (QED) is 0.573. The van der Waals surface area contributed by atoms with Crippen LogP contribution in [0, 0.1) is 7.14 Å². The van der Waals surface area contributed by atoms with E-state index in [2.05, 4.69) is 27.9 Å². The molecule has 3 N–H and O–H groups in total. The average Bonchev–Trinajstić information content (AvgIpc) is 2.43. The van der Waals surface area contributed by atoms with E-state index in [1.165, 1.54) is 0 Å². The van der Waals surface area contributed by atoms with Gasteiger partial charge in [-0.1, -0.05) is 12.1 Å². The van der Waals surface area contributed by atoms with Gasteiger partial charge in [-0.15, -0.1) is 0 Å². The fourth-order valence-electron chi connectivity index (χ4n) is 1.63. The number of rotatable bonds is 3.